The predicted molar refractivity (Wildman–Crippen MR) is 121 cm³/mol. The van der Waals surface area contributed by atoms with Gasteiger partial charge < -0.3 is 10.6 Å². The molecule has 2 N–H and O–H groups in total. The lowest BCUT2D eigenvalue weighted by molar-refractivity contribution is -0.118. The monoisotopic (exact) mass is 443 g/mol. The van der Waals surface area contributed by atoms with Crippen molar-refractivity contribution >= 4 is 51.5 Å². The van der Waals surface area contributed by atoms with Gasteiger partial charge in [-0.25, -0.2) is 4.98 Å². The molecule has 0 saturated heterocycles. The third-order valence-corrected chi connectivity index (χ3v) is 6.12. The quantitative estimate of drug-likeness (QED) is 0.375. The van der Waals surface area contributed by atoms with Crippen molar-refractivity contribution < 1.29 is 9.59 Å². The number of halogens is 1. The standard InChI is InChI=1S/C21H18ClN3O2S2/c1-2-12-23-17(26)13-28-21-24-18(14-6-4-3-5-7-14)20(29-21)25-19(27)15-8-10-16(22)11-9-15/h2-11H,1,12-13H2,(H,23,26)(H,25,27). The Morgan fingerprint density at radius 2 is 1.86 bits per heavy atom. The summed E-state index contributed by atoms with van der Waals surface area (Å²) < 4.78 is 0.698. The van der Waals surface area contributed by atoms with E-state index in [1.54, 1.807) is 30.3 Å². The zero-order valence-electron chi connectivity index (χ0n) is 15.4. The van der Waals surface area contributed by atoms with Gasteiger partial charge in [-0.3, -0.25) is 9.59 Å². The lowest BCUT2D eigenvalue weighted by atomic mass is 10.1. The maximum atomic E-state index is 12.6. The molecular formula is C21H18ClN3O2S2. The minimum Gasteiger partial charge on any atom is -0.352 e. The molecular weight excluding hydrogens is 426 g/mol. The average Bonchev–Trinajstić information content (AvgIpc) is 3.14. The van der Waals surface area contributed by atoms with Gasteiger partial charge in [0.15, 0.2) is 4.34 Å². The van der Waals surface area contributed by atoms with Crippen molar-refractivity contribution in [3.63, 3.8) is 0 Å². The first-order valence-electron chi connectivity index (χ1n) is 8.70. The first-order valence-corrected chi connectivity index (χ1v) is 10.9. The number of hydrogen-bond donors (Lipinski definition) is 2. The molecule has 148 valence electrons. The Morgan fingerprint density at radius 1 is 1.14 bits per heavy atom. The molecule has 2 amide bonds. The molecule has 0 saturated carbocycles. The van der Waals surface area contributed by atoms with Gasteiger partial charge in [-0.05, 0) is 24.3 Å². The molecule has 5 nitrogen and oxygen atoms in total. The maximum absolute atomic E-state index is 12.6. The van der Waals surface area contributed by atoms with Gasteiger partial charge in [-0.15, -0.1) is 6.58 Å². The van der Waals surface area contributed by atoms with Crippen molar-refractivity contribution in [2.75, 3.05) is 17.6 Å². The first-order chi connectivity index (χ1) is 14.1. The van der Waals surface area contributed by atoms with Crippen LogP contribution in [0.25, 0.3) is 11.3 Å². The SMILES string of the molecule is C=CCNC(=O)CSc1nc(-c2ccccc2)c(NC(=O)c2ccc(Cl)cc2)s1. The van der Waals surface area contributed by atoms with E-state index in [2.05, 4.69) is 22.2 Å². The highest BCUT2D eigenvalue weighted by Crippen LogP contribution is 2.37. The van der Waals surface area contributed by atoms with Crippen LogP contribution in [0.15, 0.2) is 71.6 Å². The summed E-state index contributed by atoms with van der Waals surface area (Å²) in [5, 5.41) is 6.86. The fourth-order valence-electron chi connectivity index (χ4n) is 2.38. The third-order valence-electron chi connectivity index (χ3n) is 3.76. The van der Waals surface area contributed by atoms with Crippen LogP contribution in [0, 0.1) is 0 Å². The fourth-order valence-corrected chi connectivity index (χ4v) is 4.40. The first kappa shape index (κ1) is 21.1. The van der Waals surface area contributed by atoms with Crippen molar-refractivity contribution in [3.05, 3.63) is 77.8 Å². The molecule has 0 atom stereocenters. The van der Waals surface area contributed by atoms with E-state index in [0.717, 1.165) is 5.56 Å². The van der Waals surface area contributed by atoms with Gasteiger partial charge in [0.05, 0.1) is 5.75 Å². The lowest BCUT2D eigenvalue weighted by Gasteiger charge is -2.05. The van der Waals surface area contributed by atoms with E-state index >= 15 is 0 Å². The minimum atomic E-state index is -0.247. The highest BCUT2D eigenvalue weighted by atomic mass is 35.5. The van der Waals surface area contributed by atoms with Crippen LogP contribution in [0.5, 0.6) is 0 Å². The van der Waals surface area contributed by atoms with Gasteiger partial charge in [0.25, 0.3) is 5.91 Å². The molecule has 2 aromatic carbocycles. The number of carbonyl (C=O) groups excluding carboxylic acids is 2. The second kappa shape index (κ2) is 10.2. The molecule has 0 aliphatic heterocycles. The van der Waals surface area contributed by atoms with E-state index < -0.39 is 0 Å². The van der Waals surface area contributed by atoms with Crippen molar-refractivity contribution in [1.82, 2.24) is 10.3 Å². The number of hydrogen-bond acceptors (Lipinski definition) is 5. The number of rotatable bonds is 8. The van der Waals surface area contributed by atoms with Crippen LogP contribution in [0.3, 0.4) is 0 Å². The Balaban J connectivity index is 1.81. The van der Waals surface area contributed by atoms with Crippen molar-refractivity contribution in [2.45, 2.75) is 4.34 Å². The molecule has 3 aromatic rings. The lowest BCUT2D eigenvalue weighted by Crippen LogP contribution is -2.24. The summed E-state index contributed by atoms with van der Waals surface area (Å²) in [6, 6.07) is 16.3. The summed E-state index contributed by atoms with van der Waals surface area (Å²) in [5.41, 5.74) is 2.06. The average molecular weight is 444 g/mol. The number of anilines is 1. The Morgan fingerprint density at radius 3 is 2.55 bits per heavy atom. The van der Waals surface area contributed by atoms with E-state index in [9.17, 15) is 9.59 Å². The summed E-state index contributed by atoms with van der Waals surface area (Å²) in [6.45, 7) is 4.00. The molecule has 0 aliphatic rings. The predicted octanol–water partition coefficient (Wildman–Crippen LogP) is 5.11. The molecule has 8 heteroatoms. The highest BCUT2D eigenvalue weighted by Gasteiger charge is 2.17. The second-order valence-electron chi connectivity index (χ2n) is 5.87. The molecule has 3 rings (SSSR count). The van der Waals surface area contributed by atoms with Crippen molar-refractivity contribution in [2.24, 2.45) is 0 Å². The summed E-state index contributed by atoms with van der Waals surface area (Å²) in [4.78, 5) is 29.1. The maximum Gasteiger partial charge on any atom is 0.256 e. The topological polar surface area (TPSA) is 71.1 Å². The Bertz CT molecular complexity index is 1000. The largest absolute Gasteiger partial charge is 0.352 e. The Kier molecular flexibility index (Phi) is 7.46. The van der Waals surface area contributed by atoms with Crippen LogP contribution in [-0.2, 0) is 4.79 Å². The Labute approximate surface area is 182 Å². The number of carbonyl (C=O) groups is 2. The molecule has 0 spiro atoms. The third kappa shape index (κ3) is 5.93. The van der Waals surface area contributed by atoms with Gasteiger partial charge in [-0.1, -0.05) is 71.1 Å². The minimum absolute atomic E-state index is 0.0990. The van der Waals surface area contributed by atoms with E-state index in [-0.39, 0.29) is 17.6 Å². The number of thioether (sulfide) groups is 1. The van der Waals surface area contributed by atoms with Crippen LogP contribution >= 0.6 is 34.7 Å². The number of thiazole rings is 1. The molecule has 29 heavy (non-hydrogen) atoms. The smallest absolute Gasteiger partial charge is 0.256 e. The molecule has 1 heterocycles. The van der Waals surface area contributed by atoms with Gasteiger partial charge >= 0.3 is 0 Å². The molecule has 0 aliphatic carbocycles. The summed E-state index contributed by atoms with van der Waals surface area (Å²) in [6.07, 6.45) is 1.63. The second-order valence-corrected chi connectivity index (χ2v) is 8.52. The number of amides is 2. The van der Waals surface area contributed by atoms with Crippen LogP contribution in [0.4, 0.5) is 5.00 Å². The van der Waals surface area contributed by atoms with Gasteiger partial charge in [-0.2, -0.15) is 0 Å². The molecule has 0 fully saturated rings. The number of nitrogens with one attached hydrogen (secondary N) is 2. The summed E-state index contributed by atoms with van der Waals surface area (Å²) >= 11 is 8.56. The van der Waals surface area contributed by atoms with E-state index in [0.29, 0.717) is 32.2 Å². The molecule has 0 unspecified atom stereocenters. The zero-order valence-corrected chi connectivity index (χ0v) is 17.7. The zero-order chi connectivity index (χ0) is 20.6. The molecule has 0 radical (unpaired) electrons. The number of aromatic nitrogens is 1. The molecule has 0 bridgehead atoms. The van der Waals surface area contributed by atoms with Crippen molar-refractivity contribution in [3.8, 4) is 11.3 Å². The van der Waals surface area contributed by atoms with Gasteiger partial charge in [0.1, 0.15) is 10.7 Å². The number of benzene rings is 2. The van der Waals surface area contributed by atoms with E-state index in [4.69, 9.17) is 11.6 Å². The fraction of sp³-hybridized carbons (Fsp3) is 0.0952. The van der Waals surface area contributed by atoms with Crippen molar-refractivity contribution in [1.29, 1.82) is 0 Å². The van der Waals surface area contributed by atoms with Crippen LogP contribution in [0.2, 0.25) is 5.02 Å². The van der Waals surface area contributed by atoms with Gasteiger partial charge in [0, 0.05) is 22.7 Å². The van der Waals surface area contributed by atoms with Crippen LogP contribution < -0.4 is 10.6 Å². The van der Waals surface area contributed by atoms with Crippen LogP contribution in [0.1, 0.15) is 10.4 Å². The Hall–Kier alpha value is -2.61. The molecule has 1 aromatic heterocycles. The van der Waals surface area contributed by atoms with Crippen LogP contribution in [-0.4, -0.2) is 29.1 Å². The number of nitrogens with zero attached hydrogens (tertiary/aromatic N) is 1. The highest BCUT2D eigenvalue weighted by molar-refractivity contribution is 8.01. The normalized spacial score (nSPS) is 10.4. The van der Waals surface area contributed by atoms with E-state index in [1.807, 2.05) is 30.3 Å². The van der Waals surface area contributed by atoms with E-state index in [1.165, 1.54) is 23.1 Å². The summed E-state index contributed by atoms with van der Waals surface area (Å²) in [7, 11) is 0. The summed E-state index contributed by atoms with van der Waals surface area (Å²) in [5.74, 6) is -0.110. The van der Waals surface area contributed by atoms with Gasteiger partial charge in [0.2, 0.25) is 5.91 Å².